The van der Waals surface area contributed by atoms with E-state index in [4.69, 9.17) is 16.4 Å². The predicted octanol–water partition coefficient (Wildman–Crippen LogP) is 1.93. The number of halogens is 1. The molecule has 0 radical (unpaired) electrons. The summed E-state index contributed by atoms with van der Waals surface area (Å²) in [6.07, 6.45) is 1.24. The molecular formula is C18H25FN4O3. The van der Waals surface area contributed by atoms with Crippen LogP contribution >= 0.6 is 0 Å². The number of nitrogens with zero attached hydrogens (tertiary/aromatic N) is 2. The molecule has 8 heteroatoms. The third kappa shape index (κ3) is 6.23. The van der Waals surface area contributed by atoms with E-state index in [1.54, 1.807) is 37.4 Å². The molecule has 0 aliphatic heterocycles. The minimum absolute atomic E-state index is 0.0708. The van der Waals surface area contributed by atoms with Gasteiger partial charge in [0.05, 0.1) is 5.69 Å². The van der Waals surface area contributed by atoms with E-state index >= 15 is 0 Å². The highest BCUT2D eigenvalue weighted by Gasteiger charge is 2.12. The Morgan fingerprint density at radius 1 is 1.23 bits per heavy atom. The molecule has 2 aromatic carbocycles. The highest BCUT2D eigenvalue weighted by Crippen LogP contribution is 2.27. The number of phenolic OH excluding ortho intramolecular Hbond substituents is 1. The highest BCUT2D eigenvalue weighted by atomic mass is 19.1. The van der Waals surface area contributed by atoms with E-state index in [-0.39, 0.29) is 18.2 Å². The van der Waals surface area contributed by atoms with Crippen LogP contribution in [0.1, 0.15) is 18.1 Å². The third-order valence-corrected chi connectivity index (χ3v) is 3.44. The first kappa shape index (κ1) is 21.2. The smallest absolute Gasteiger partial charge is 0.223 e. The number of nitrogens with two attached hydrogens (primary N) is 2. The van der Waals surface area contributed by atoms with Gasteiger partial charge in [-0.2, -0.15) is 0 Å². The predicted molar refractivity (Wildman–Crippen MR) is 98.8 cm³/mol. The maximum absolute atomic E-state index is 14.0. The molecule has 7 nitrogen and oxygen atoms in total. The van der Waals surface area contributed by atoms with Crippen molar-refractivity contribution >= 4 is 12.1 Å². The van der Waals surface area contributed by atoms with Gasteiger partial charge in [0.2, 0.25) is 6.41 Å². The fourth-order valence-electron chi connectivity index (χ4n) is 2.15. The van der Waals surface area contributed by atoms with Crippen molar-refractivity contribution in [2.75, 3.05) is 19.1 Å². The summed E-state index contributed by atoms with van der Waals surface area (Å²) in [4.78, 5) is 9.31. The summed E-state index contributed by atoms with van der Waals surface area (Å²) in [7, 11) is 3.11. The zero-order chi connectivity index (χ0) is 19.7. The van der Waals surface area contributed by atoms with E-state index in [0.717, 1.165) is 10.6 Å². The van der Waals surface area contributed by atoms with Gasteiger partial charge in [-0.1, -0.05) is 13.0 Å². The van der Waals surface area contributed by atoms with Crippen molar-refractivity contribution in [3.05, 3.63) is 53.3 Å². The number of anilines is 1. The number of phenols is 1. The first-order chi connectivity index (χ1) is 12.3. The molecule has 0 aromatic heterocycles. The van der Waals surface area contributed by atoms with Gasteiger partial charge in [0, 0.05) is 19.7 Å². The molecule has 0 spiro atoms. The zero-order valence-corrected chi connectivity index (χ0v) is 15.1. The van der Waals surface area contributed by atoms with Gasteiger partial charge in [-0.05, 0) is 42.3 Å². The zero-order valence-electron chi connectivity index (χ0n) is 15.1. The van der Waals surface area contributed by atoms with Crippen LogP contribution in [-0.2, 0) is 17.8 Å². The first-order valence-electron chi connectivity index (χ1n) is 7.93. The summed E-state index contributed by atoms with van der Waals surface area (Å²) < 4.78 is 19.7. The Kier molecular flexibility index (Phi) is 8.33. The monoisotopic (exact) mass is 364 g/mol. The molecule has 1 amide bonds. The van der Waals surface area contributed by atoms with Crippen LogP contribution in [0.4, 0.5) is 10.1 Å². The molecule has 0 saturated carbocycles. The average molecular weight is 364 g/mol. The van der Waals surface area contributed by atoms with Crippen LogP contribution in [0.15, 0.2) is 36.4 Å². The van der Waals surface area contributed by atoms with Crippen molar-refractivity contribution in [2.24, 2.45) is 11.7 Å². The molecular weight excluding hydrogens is 339 g/mol. The number of benzene rings is 2. The Labute approximate surface area is 152 Å². The standard InChI is InChI=1S/C16H19FN2O2.C2H6N2O/c1-3-11-9-12(20)7-8-16(11)21-10-13-14(17)5-4-6-15(13)19(2)18;1-4(3)2-5/h4-9,20H,3,10,18H2,1-2H3;2H,3H2,1H3. The van der Waals surface area contributed by atoms with Gasteiger partial charge in [-0.15, -0.1) is 0 Å². The molecule has 5 N–H and O–H groups in total. The van der Waals surface area contributed by atoms with E-state index in [0.29, 0.717) is 29.8 Å². The van der Waals surface area contributed by atoms with Gasteiger partial charge in [-0.3, -0.25) is 9.80 Å². The number of ether oxygens (including phenoxy) is 1. The number of aromatic hydroxyl groups is 1. The Morgan fingerprint density at radius 3 is 2.42 bits per heavy atom. The first-order valence-corrected chi connectivity index (χ1v) is 7.93. The fourth-order valence-corrected chi connectivity index (χ4v) is 2.15. The molecule has 0 bridgehead atoms. The Morgan fingerprint density at radius 2 is 1.88 bits per heavy atom. The summed E-state index contributed by atoms with van der Waals surface area (Å²) in [5, 5.41) is 11.8. The van der Waals surface area contributed by atoms with Crippen molar-refractivity contribution in [1.82, 2.24) is 5.01 Å². The lowest BCUT2D eigenvalue weighted by atomic mass is 10.1. The second-order valence-corrected chi connectivity index (χ2v) is 5.55. The lowest BCUT2D eigenvalue weighted by Crippen LogP contribution is -2.27. The van der Waals surface area contributed by atoms with Crippen LogP contribution in [0, 0.1) is 5.82 Å². The van der Waals surface area contributed by atoms with Gasteiger partial charge in [0.15, 0.2) is 0 Å². The van der Waals surface area contributed by atoms with E-state index in [9.17, 15) is 14.3 Å². The molecule has 0 aliphatic rings. The number of aryl methyl sites for hydroxylation is 1. The molecule has 0 fully saturated rings. The molecule has 0 aliphatic carbocycles. The molecule has 0 atom stereocenters. The van der Waals surface area contributed by atoms with E-state index < -0.39 is 0 Å². The number of hydrogen-bond acceptors (Lipinski definition) is 6. The second-order valence-electron chi connectivity index (χ2n) is 5.55. The van der Waals surface area contributed by atoms with Crippen molar-refractivity contribution in [3.8, 4) is 11.5 Å². The quantitative estimate of drug-likeness (QED) is 0.313. The van der Waals surface area contributed by atoms with Crippen LogP contribution in [0.2, 0.25) is 0 Å². The average Bonchev–Trinajstić information content (AvgIpc) is 2.61. The van der Waals surface area contributed by atoms with E-state index in [1.807, 2.05) is 6.92 Å². The van der Waals surface area contributed by atoms with Gasteiger partial charge >= 0.3 is 0 Å². The van der Waals surface area contributed by atoms with Gasteiger partial charge in [0.25, 0.3) is 0 Å². The summed E-state index contributed by atoms with van der Waals surface area (Å²) in [6.45, 7) is 2.03. The van der Waals surface area contributed by atoms with E-state index in [2.05, 4.69) is 0 Å². The number of carbonyl (C=O) groups is 1. The van der Waals surface area contributed by atoms with Crippen LogP contribution in [0.5, 0.6) is 11.5 Å². The van der Waals surface area contributed by atoms with Gasteiger partial charge in [-0.25, -0.2) is 16.1 Å². The molecule has 26 heavy (non-hydrogen) atoms. The second kappa shape index (κ2) is 10.2. The summed E-state index contributed by atoms with van der Waals surface area (Å²) in [6, 6.07) is 9.59. The van der Waals surface area contributed by atoms with Gasteiger partial charge in [0.1, 0.15) is 23.9 Å². The molecule has 0 unspecified atom stereocenters. The van der Waals surface area contributed by atoms with Crippen molar-refractivity contribution in [1.29, 1.82) is 0 Å². The number of amides is 1. The largest absolute Gasteiger partial charge is 0.508 e. The number of hydrogen-bond donors (Lipinski definition) is 3. The summed E-state index contributed by atoms with van der Waals surface area (Å²) in [5.41, 5.74) is 1.85. The lowest BCUT2D eigenvalue weighted by Gasteiger charge is -2.18. The molecule has 2 aromatic rings. The number of rotatable bonds is 6. The maximum atomic E-state index is 14.0. The highest BCUT2D eigenvalue weighted by molar-refractivity contribution is 5.52. The molecule has 2 rings (SSSR count). The molecule has 142 valence electrons. The van der Waals surface area contributed by atoms with Crippen LogP contribution in [0.3, 0.4) is 0 Å². The Bertz CT molecular complexity index is 724. The molecule has 0 heterocycles. The Balaban J connectivity index is 0.000000597. The summed E-state index contributed by atoms with van der Waals surface area (Å²) in [5.74, 6) is 10.9. The SMILES string of the molecule is CCc1cc(O)ccc1OCc1c(F)cccc1N(C)N.CN(N)C=O. The van der Waals surface area contributed by atoms with Crippen molar-refractivity contribution in [2.45, 2.75) is 20.0 Å². The summed E-state index contributed by atoms with van der Waals surface area (Å²) >= 11 is 0. The maximum Gasteiger partial charge on any atom is 0.223 e. The Hall–Kier alpha value is -2.84. The fraction of sp³-hybridized carbons (Fsp3) is 0.278. The topological polar surface area (TPSA) is 105 Å². The van der Waals surface area contributed by atoms with E-state index in [1.165, 1.54) is 18.1 Å². The minimum Gasteiger partial charge on any atom is -0.508 e. The molecule has 0 saturated heterocycles. The third-order valence-electron chi connectivity index (χ3n) is 3.44. The van der Waals surface area contributed by atoms with Crippen LogP contribution < -0.4 is 21.4 Å². The minimum atomic E-state index is -0.360. The van der Waals surface area contributed by atoms with Crippen molar-refractivity contribution < 1.29 is 19.0 Å². The van der Waals surface area contributed by atoms with Crippen molar-refractivity contribution in [3.63, 3.8) is 0 Å². The number of carbonyl (C=O) groups excluding carboxylic acids is 1. The van der Waals surface area contributed by atoms with Crippen LogP contribution in [0.25, 0.3) is 0 Å². The van der Waals surface area contributed by atoms with Gasteiger partial charge < -0.3 is 14.9 Å². The normalized spacial score (nSPS) is 9.77. The lowest BCUT2D eigenvalue weighted by molar-refractivity contribution is -0.117. The number of hydrazine groups is 2. The van der Waals surface area contributed by atoms with Crippen LogP contribution in [-0.4, -0.2) is 30.6 Å².